The van der Waals surface area contributed by atoms with Gasteiger partial charge in [-0.2, -0.15) is 0 Å². The molecule has 1 unspecified atom stereocenters. The topological polar surface area (TPSA) is 97.6 Å². The molecule has 1 aliphatic rings. The number of aromatic nitrogens is 1. The Labute approximate surface area is 292 Å². The first kappa shape index (κ1) is 35.1. The van der Waals surface area contributed by atoms with Crippen molar-refractivity contribution < 1.29 is 28.5 Å². The Hall–Kier alpha value is -4.25. The first-order valence-electron chi connectivity index (χ1n) is 15.6. The van der Waals surface area contributed by atoms with Gasteiger partial charge in [-0.3, -0.25) is 9.36 Å². The van der Waals surface area contributed by atoms with Gasteiger partial charge in [0.25, 0.3) is 5.56 Å². The predicted molar refractivity (Wildman–Crippen MR) is 188 cm³/mol. The maximum atomic E-state index is 14.2. The number of esters is 1. The van der Waals surface area contributed by atoms with Crippen molar-refractivity contribution in [3.05, 3.63) is 112 Å². The molecule has 1 aromatic heterocycles. The molecule has 9 nitrogen and oxygen atoms in total. The monoisotopic (exact) mass is 710 g/mol. The SMILES string of the molecule is CCOC(=O)C1=C(C)N=c2sc(=Cc3ccc(OCC)c(OCC)c3)c(=O)n2C1c1ccc(OCc2ccc(Cl)cc2Cl)c(OCC)c1. The standard InChI is InChI=1S/C36H36Cl2N2O7S/c1-6-43-27-14-10-22(16-29(27)44-7-2)17-31-34(41)40-33(32(35(42)46-9-4)21(5)39-36(40)48-31)23-12-15-28(30(18-23)45-8-3)47-20-24-11-13-25(37)19-26(24)38/h10-19,33H,6-9,20H2,1-5H3. The van der Waals surface area contributed by atoms with Crippen LogP contribution in [0.1, 0.15) is 57.4 Å². The molecule has 0 saturated carbocycles. The molecule has 0 fully saturated rings. The van der Waals surface area contributed by atoms with Gasteiger partial charge in [0.1, 0.15) is 6.61 Å². The average molecular weight is 712 g/mol. The van der Waals surface area contributed by atoms with Crippen LogP contribution in [0.4, 0.5) is 0 Å². The first-order valence-corrected chi connectivity index (χ1v) is 17.2. The molecule has 48 heavy (non-hydrogen) atoms. The van der Waals surface area contributed by atoms with Crippen LogP contribution in [0, 0.1) is 0 Å². The minimum Gasteiger partial charge on any atom is -0.490 e. The maximum absolute atomic E-state index is 14.2. The second-order valence-electron chi connectivity index (χ2n) is 10.5. The fraction of sp³-hybridized carbons (Fsp3) is 0.306. The first-order chi connectivity index (χ1) is 23.2. The molecule has 2 heterocycles. The van der Waals surface area contributed by atoms with E-state index in [-0.39, 0.29) is 24.3 Å². The lowest BCUT2D eigenvalue weighted by atomic mass is 9.95. The molecule has 1 atom stereocenters. The molecule has 0 amide bonds. The Bertz CT molecular complexity index is 2040. The summed E-state index contributed by atoms with van der Waals surface area (Å²) in [6.45, 7) is 10.8. The molecule has 0 radical (unpaired) electrons. The number of rotatable bonds is 13. The fourth-order valence-corrected chi connectivity index (χ4v) is 6.80. The summed E-state index contributed by atoms with van der Waals surface area (Å²) in [5.41, 5.74) is 2.55. The summed E-state index contributed by atoms with van der Waals surface area (Å²) in [6.07, 6.45) is 1.78. The number of nitrogens with zero attached hydrogens (tertiary/aromatic N) is 2. The van der Waals surface area contributed by atoms with Gasteiger partial charge in [0.05, 0.1) is 48.3 Å². The van der Waals surface area contributed by atoms with Crippen molar-refractivity contribution in [3.63, 3.8) is 0 Å². The molecule has 0 spiro atoms. The van der Waals surface area contributed by atoms with Gasteiger partial charge in [0, 0.05) is 15.6 Å². The molecule has 4 aromatic rings. The Morgan fingerprint density at radius 2 is 1.52 bits per heavy atom. The van der Waals surface area contributed by atoms with Gasteiger partial charge in [-0.25, -0.2) is 9.79 Å². The molecule has 1 aliphatic heterocycles. The summed E-state index contributed by atoms with van der Waals surface area (Å²) >= 11 is 13.7. The van der Waals surface area contributed by atoms with E-state index in [4.69, 9.17) is 46.9 Å². The third-order valence-corrected chi connectivity index (χ3v) is 8.93. The lowest BCUT2D eigenvalue weighted by Gasteiger charge is -2.25. The van der Waals surface area contributed by atoms with Crippen LogP contribution in [0.15, 0.2) is 75.7 Å². The van der Waals surface area contributed by atoms with Crippen LogP contribution in [0.25, 0.3) is 6.08 Å². The van der Waals surface area contributed by atoms with Crippen molar-refractivity contribution in [2.45, 2.75) is 47.3 Å². The van der Waals surface area contributed by atoms with Crippen molar-refractivity contribution >= 4 is 46.6 Å². The van der Waals surface area contributed by atoms with E-state index in [1.807, 2.05) is 45.0 Å². The molecule has 12 heteroatoms. The van der Waals surface area contributed by atoms with E-state index < -0.39 is 12.0 Å². The Kier molecular flexibility index (Phi) is 11.5. The molecular formula is C36H36Cl2N2O7S. The van der Waals surface area contributed by atoms with E-state index in [9.17, 15) is 9.59 Å². The number of hydrogen-bond donors (Lipinski definition) is 0. The van der Waals surface area contributed by atoms with E-state index in [1.54, 1.807) is 50.3 Å². The van der Waals surface area contributed by atoms with Crippen LogP contribution in [-0.4, -0.2) is 37.0 Å². The summed E-state index contributed by atoms with van der Waals surface area (Å²) in [5, 5.41) is 1.01. The molecule has 0 N–H and O–H groups in total. The van der Waals surface area contributed by atoms with Gasteiger partial charge in [0.2, 0.25) is 0 Å². The van der Waals surface area contributed by atoms with Gasteiger partial charge < -0.3 is 23.7 Å². The second-order valence-corrected chi connectivity index (χ2v) is 12.4. The van der Waals surface area contributed by atoms with Gasteiger partial charge in [-0.15, -0.1) is 0 Å². The van der Waals surface area contributed by atoms with Crippen LogP contribution >= 0.6 is 34.5 Å². The molecule has 3 aromatic carbocycles. The lowest BCUT2D eigenvalue weighted by molar-refractivity contribution is -0.139. The van der Waals surface area contributed by atoms with Crippen molar-refractivity contribution in [1.82, 2.24) is 4.57 Å². The molecular weight excluding hydrogens is 675 g/mol. The Morgan fingerprint density at radius 1 is 0.854 bits per heavy atom. The van der Waals surface area contributed by atoms with Gasteiger partial charge >= 0.3 is 5.97 Å². The number of carbonyl (C=O) groups excluding carboxylic acids is 1. The summed E-state index contributed by atoms with van der Waals surface area (Å²) in [6, 6.07) is 15.2. The second kappa shape index (κ2) is 15.8. The lowest BCUT2D eigenvalue weighted by Crippen LogP contribution is -2.40. The Morgan fingerprint density at radius 3 is 2.21 bits per heavy atom. The van der Waals surface area contributed by atoms with Gasteiger partial charge in [-0.1, -0.05) is 52.7 Å². The predicted octanol–water partition coefficient (Wildman–Crippen LogP) is 6.88. The van der Waals surface area contributed by atoms with Crippen molar-refractivity contribution in [3.8, 4) is 23.0 Å². The fourth-order valence-electron chi connectivity index (χ4n) is 5.29. The van der Waals surface area contributed by atoms with Crippen LogP contribution in [0.2, 0.25) is 10.0 Å². The Balaban J connectivity index is 1.61. The highest BCUT2D eigenvalue weighted by molar-refractivity contribution is 7.07. The minimum absolute atomic E-state index is 0.164. The van der Waals surface area contributed by atoms with E-state index in [0.717, 1.165) is 11.1 Å². The number of thiazole rings is 1. The zero-order chi connectivity index (χ0) is 34.4. The smallest absolute Gasteiger partial charge is 0.338 e. The van der Waals surface area contributed by atoms with Gasteiger partial charge in [-0.05, 0) is 88.2 Å². The summed E-state index contributed by atoms with van der Waals surface area (Å²) in [4.78, 5) is 32.7. The number of allylic oxidation sites excluding steroid dienone is 1. The normalized spacial score (nSPS) is 14.3. The number of hydrogen-bond acceptors (Lipinski definition) is 9. The largest absolute Gasteiger partial charge is 0.490 e. The number of benzene rings is 3. The number of halogens is 2. The molecule has 252 valence electrons. The quantitative estimate of drug-likeness (QED) is 0.140. The van der Waals surface area contributed by atoms with E-state index in [0.29, 0.717) is 73.5 Å². The number of ether oxygens (including phenoxy) is 5. The number of carbonyl (C=O) groups is 1. The zero-order valence-corrected chi connectivity index (χ0v) is 29.6. The van der Waals surface area contributed by atoms with Crippen molar-refractivity contribution in [2.24, 2.45) is 4.99 Å². The summed E-state index contributed by atoms with van der Waals surface area (Å²) in [5.74, 6) is 1.57. The van der Waals surface area contributed by atoms with Crippen LogP contribution in [-0.2, 0) is 16.1 Å². The van der Waals surface area contributed by atoms with Crippen molar-refractivity contribution in [1.29, 1.82) is 0 Å². The van der Waals surface area contributed by atoms with Gasteiger partial charge in [0.15, 0.2) is 27.8 Å². The molecule has 5 rings (SSSR count). The molecule has 0 bridgehead atoms. The highest BCUT2D eigenvalue weighted by Crippen LogP contribution is 2.37. The van der Waals surface area contributed by atoms with Crippen LogP contribution < -0.4 is 33.8 Å². The van der Waals surface area contributed by atoms with E-state index >= 15 is 0 Å². The van der Waals surface area contributed by atoms with E-state index in [2.05, 4.69) is 4.99 Å². The van der Waals surface area contributed by atoms with Crippen LogP contribution in [0.5, 0.6) is 23.0 Å². The van der Waals surface area contributed by atoms with Crippen molar-refractivity contribution in [2.75, 3.05) is 26.4 Å². The molecule has 0 aliphatic carbocycles. The average Bonchev–Trinajstić information content (AvgIpc) is 3.35. The number of fused-ring (bicyclic) bond motifs is 1. The molecule has 0 saturated heterocycles. The highest BCUT2D eigenvalue weighted by Gasteiger charge is 2.34. The zero-order valence-electron chi connectivity index (χ0n) is 27.3. The third kappa shape index (κ3) is 7.56. The highest BCUT2D eigenvalue weighted by atomic mass is 35.5. The van der Waals surface area contributed by atoms with E-state index in [1.165, 1.54) is 15.9 Å². The minimum atomic E-state index is -0.833. The third-order valence-electron chi connectivity index (χ3n) is 7.36. The van der Waals surface area contributed by atoms with Crippen LogP contribution in [0.3, 0.4) is 0 Å². The summed E-state index contributed by atoms with van der Waals surface area (Å²) < 4.78 is 31.0. The maximum Gasteiger partial charge on any atom is 0.338 e. The summed E-state index contributed by atoms with van der Waals surface area (Å²) in [7, 11) is 0.